The summed E-state index contributed by atoms with van der Waals surface area (Å²) in [6.07, 6.45) is 0.839. The van der Waals surface area contributed by atoms with Crippen LogP contribution in [0.15, 0.2) is 91.0 Å². The number of methoxy groups -OCH3 is 1. The molecule has 2 N–H and O–H groups in total. The van der Waals surface area contributed by atoms with Gasteiger partial charge in [-0.3, -0.25) is 0 Å². The molecule has 0 fully saturated rings. The van der Waals surface area contributed by atoms with E-state index in [-0.39, 0.29) is 5.60 Å². The van der Waals surface area contributed by atoms with Gasteiger partial charge in [0.1, 0.15) is 6.29 Å². The molecule has 4 heteroatoms. The molecular formula is C28H35NO2S. The van der Waals surface area contributed by atoms with Gasteiger partial charge in [-0.25, -0.2) is 0 Å². The van der Waals surface area contributed by atoms with Gasteiger partial charge in [-0.1, -0.05) is 91.0 Å². The van der Waals surface area contributed by atoms with Crippen LogP contribution in [-0.4, -0.2) is 30.3 Å². The Morgan fingerprint density at radius 1 is 0.750 bits per heavy atom. The monoisotopic (exact) mass is 449 g/mol. The normalized spacial score (nSPS) is 13.4. The summed E-state index contributed by atoms with van der Waals surface area (Å²) < 4.78 is 4.50. The molecule has 0 amide bonds. The summed E-state index contributed by atoms with van der Waals surface area (Å²) in [7, 11) is 1.71. The third-order valence-electron chi connectivity index (χ3n) is 5.02. The van der Waals surface area contributed by atoms with Crippen molar-refractivity contribution in [1.82, 2.24) is 0 Å². The van der Waals surface area contributed by atoms with Crippen LogP contribution in [-0.2, 0) is 14.3 Å². The Balaban J connectivity index is 0.000000534. The zero-order valence-electron chi connectivity index (χ0n) is 19.7. The minimum atomic E-state index is -0.881. The van der Waals surface area contributed by atoms with Crippen LogP contribution in [0.25, 0.3) is 0 Å². The largest absolute Gasteiger partial charge is 0.379 e. The van der Waals surface area contributed by atoms with Gasteiger partial charge >= 0.3 is 0 Å². The lowest BCUT2D eigenvalue weighted by molar-refractivity contribution is -0.111. The highest BCUT2D eigenvalue weighted by molar-refractivity contribution is 8.00. The lowest BCUT2D eigenvalue weighted by atomic mass is 9.84. The van der Waals surface area contributed by atoms with Crippen LogP contribution in [0, 0.1) is 0 Å². The van der Waals surface area contributed by atoms with Gasteiger partial charge in [0.2, 0.25) is 0 Å². The van der Waals surface area contributed by atoms with Crippen molar-refractivity contribution in [2.45, 2.75) is 43.6 Å². The second kappa shape index (κ2) is 11.5. The summed E-state index contributed by atoms with van der Waals surface area (Å²) in [5, 5.41) is 0. The predicted molar refractivity (Wildman–Crippen MR) is 137 cm³/mol. The molecule has 0 saturated carbocycles. The fraction of sp³-hybridized carbons (Fsp3) is 0.321. The maximum atomic E-state index is 11.4. The zero-order valence-corrected chi connectivity index (χ0v) is 20.6. The van der Waals surface area contributed by atoms with E-state index in [1.807, 2.05) is 39.0 Å². The summed E-state index contributed by atoms with van der Waals surface area (Å²) in [4.78, 5) is 11.4. The number of carbonyl (C=O) groups excluding carboxylic acids is 1. The van der Waals surface area contributed by atoms with E-state index in [9.17, 15) is 4.79 Å². The Labute approximate surface area is 197 Å². The van der Waals surface area contributed by atoms with E-state index in [1.54, 1.807) is 25.8 Å². The molecule has 0 radical (unpaired) electrons. The van der Waals surface area contributed by atoms with Gasteiger partial charge in [-0.05, 0) is 44.4 Å². The first-order valence-electron chi connectivity index (χ1n) is 10.8. The molecular weight excluding hydrogens is 414 g/mol. The lowest BCUT2D eigenvalue weighted by Crippen LogP contribution is -2.42. The van der Waals surface area contributed by atoms with E-state index in [0.29, 0.717) is 5.75 Å². The molecule has 0 heterocycles. The van der Waals surface area contributed by atoms with E-state index in [2.05, 4.69) is 72.8 Å². The summed E-state index contributed by atoms with van der Waals surface area (Å²) >= 11 is 1.70. The number of nitrogens with two attached hydrogens (primary N) is 1. The van der Waals surface area contributed by atoms with Crippen LogP contribution in [0.2, 0.25) is 0 Å². The summed E-state index contributed by atoms with van der Waals surface area (Å²) in [5.41, 5.74) is 8.84. The molecule has 0 saturated heterocycles. The molecule has 1 unspecified atom stereocenters. The fourth-order valence-electron chi connectivity index (χ4n) is 3.07. The molecule has 170 valence electrons. The molecule has 0 aliphatic heterocycles. The quantitative estimate of drug-likeness (QED) is 0.352. The van der Waals surface area contributed by atoms with E-state index < -0.39 is 10.3 Å². The Morgan fingerprint density at radius 3 is 1.31 bits per heavy atom. The average molecular weight is 450 g/mol. The van der Waals surface area contributed by atoms with Crippen molar-refractivity contribution in [3.63, 3.8) is 0 Å². The molecule has 3 nitrogen and oxygen atoms in total. The molecule has 0 bridgehead atoms. The van der Waals surface area contributed by atoms with Crippen LogP contribution >= 0.6 is 11.8 Å². The number of ether oxygens (including phenoxy) is 1. The van der Waals surface area contributed by atoms with Gasteiger partial charge in [-0.2, -0.15) is 0 Å². The first-order valence-corrected chi connectivity index (χ1v) is 11.7. The van der Waals surface area contributed by atoms with E-state index in [4.69, 9.17) is 10.5 Å². The first-order chi connectivity index (χ1) is 15.1. The van der Waals surface area contributed by atoms with E-state index >= 15 is 0 Å². The number of carbonyl (C=O) groups is 1. The summed E-state index contributed by atoms with van der Waals surface area (Å²) in [6.45, 7) is 7.84. The van der Waals surface area contributed by atoms with Crippen LogP contribution < -0.4 is 5.73 Å². The van der Waals surface area contributed by atoms with Gasteiger partial charge in [-0.15, -0.1) is 11.8 Å². The Hall–Kier alpha value is -2.40. The molecule has 1 atom stereocenters. The van der Waals surface area contributed by atoms with Crippen LogP contribution in [0.4, 0.5) is 0 Å². The second-order valence-corrected chi connectivity index (χ2v) is 10.2. The molecule has 0 aliphatic carbocycles. The average Bonchev–Trinajstić information content (AvgIpc) is 2.81. The number of benzene rings is 3. The van der Waals surface area contributed by atoms with Crippen molar-refractivity contribution in [1.29, 1.82) is 0 Å². The highest BCUT2D eigenvalue weighted by atomic mass is 32.2. The van der Waals surface area contributed by atoms with Crippen LogP contribution in [0.5, 0.6) is 0 Å². The lowest BCUT2D eigenvalue weighted by Gasteiger charge is -2.37. The van der Waals surface area contributed by atoms with Crippen molar-refractivity contribution in [2.75, 3.05) is 12.9 Å². The second-order valence-electron chi connectivity index (χ2n) is 9.01. The molecule has 0 aliphatic rings. The van der Waals surface area contributed by atoms with Gasteiger partial charge in [0, 0.05) is 12.9 Å². The van der Waals surface area contributed by atoms with Crippen LogP contribution in [0.1, 0.15) is 44.4 Å². The molecule has 0 aromatic heterocycles. The summed E-state index contributed by atoms with van der Waals surface area (Å²) in [6, 6.07) is 31.2. The van der Waals surface area contributed by atoms with Crippen LogP contribution in [0.3, 0.4) is 0 Å². The Bertz CT molecular complexity index is 839. The van der Waals surface area contributed by atoms with Gasteiger partial charge in [0.15, 0.2) is 0 Å². The maximum Gasteiger partial charge on any atom is 0.140 e. The third-order valence-corrected chi connectivity index (χ3v) is 6.93. The van der Waals surface area contributed by atoms with Crippen molar-refractivity contribution >= 4 is 18.0 Å². The van der Waals surface area contributed by atoms with Gasteiger partial charge < -0.3 is 15.3 Å². The topological polar surface area (TPSA) is 52.3 Å². The van der Waals surface area contributed by atoms with Gasteiger partial charge in [0.05, 0.1) is 15.9 Å². The fourth-order valence-corrected chi connectivity index (χ4v) is 4.57. The Morgan fingerprint density at radius 2 is 1.06 bits per heavy atom. The molecule has 3 aromatic carbocycles. The third kappa shape index (κ3) is 7.06. The number of rotatable bonds is 7. The Kier molecular flexibility index (Phi) is 9.26. The minimum absolute atomic E-state index is 0.0417. The number of aldehydes is 1. The maximum absolute atomic E-state index is 11.4. The predicted octanol–water partition coefficient (Wildman–Crippen LogP) is 6.06. The number of hydrogen-bond donors (Lipinski definition) is 1. The standard InChI is InChI=1S/C23H23NOS.C5H12O/c1-22(24,17-25)18-26-23(19-11-5-2-6-12-19,20-13-7-3-8-14-20)21-15-9-4-10-16-21;1-5(2,3)6-4/h2-17H,18,24H2,1H3;1-4H3. The molecule has 3 rings (SSSR count). The van der Waals surface area contributed by atoms with Gasteiger partial charge in [0.25, 0.3) is 0 Å². The van der Waals surface area contributed by atoms with Crippen molar-refractivity contribution in [2.24, 2.45) is 5.73 Å². The van der Waals surface area contributed by atoms with E-state index in [1.165, 1.54) is 16.7 Å². The van der Waals surface area contributed by atoms with Crippen molar-refractivity contribution in [3.05, 3.63) is 108 Å². The number of hydrogen-bond acceptors (Lipinski definition) is 4. The van der Waals surface area contributed by atoms with Crippen molar-refractivity contribution in [3.8, 4) is 0 Å². The van der Waals surface area contributed by atoms with E-state index in [0.717, 1.165) is 6.29 Å². The zero-order chi connectivity index (χ0) is 23.7. The molecule has 32 heavy (non-hydrogen) atoms. The smallest absolute Gasteiger partial charge is 0.140 e. The highest BCUT2D eigenvalue weighted by Gasteiger charge is 2.38. The SMILES string of the molecule is CC(N)(C=O)CSC(c1ccccc1)(c1ccccc1)c1ccccc1.COC(C)(C)C. The molecule has 0 spiro atoms. The molecule has 3 aromatic rings. The first kappa shape index (κ1) is 25.9. The van der Waals surface area contributed by atoms with Crippen molar-refractivity contribution < 1.29 is 9.53 Å². The summed E-state index contributed by atoms with van der Waals surface area (Å²) in [5.74, 6) is 0.509. The minimum Gasteiger partial charge on any atom is -0.379 e. The highest BCUT2D eigenvalue weighted by Crippen LogP contribution is 2.48. The number of thioether (sulfide) groups is 1.